The van der Waals surface area contributed by atoms with Gasteiger partial charge in [0, 0.05) is 11.5 Å². The Hall–Kier alpha value is -0.710. The van der Waals surface area contributed by atoms with Gasteiger partial charge in [-0.25, -0.2) is 0 Å². The van der Waals surface area contributed by atoms with Gasteiger partial charge in [-0.05, 0) is 44.2 Å². The van der Waals surface area contributed by atoms with Crippen LogP contribution in [0.15, 0.2) is 23.1 Å². The summed E-state index contributed by atoms with van der Waals surface area (Å²) in [4.78, 5) is 13.3. The van der Waals surface area contributed by atoms with Crippen LogP contribution in [0, 0.1) is 0 Å². The minimum atomic E-state index is -0.135. The first-order valence-corrected chi connectivity index (χ1v) is 7.98. The maximum Gasteiger partial charge on any atom is 0.253 e. The van der Waals surface area contributed by atoms with E-state index in [0.717, 1.165) is 24.3 Å². The van der Waals surface area contributed by atoms with E-state index >= 15 is 0 Å². The molecule has 5 heteroatoms. The second-order valence-electron chi connectivity index (χ2n) is 4.66. The first-order valence-electron chi connectivity index (χ1n) is 6.38. The zero-order chi connectivity index (χ0) is 13.8. The van der Waals surface area contributed by atoms with Gasteiger partial charge in [0.05, 0.1) is 22.7 Å². The van der Waals surface area contributed by atoms with Gasteiger partial charge in [0.25, 0.3) is 5.91 Å². The van der Waals surface area contributed by atoms with Crippen molar-refractivity contribution in [3.8, 4) is 0 Å². The second-order valence-corrected chi connectivity index (χ2v) is 5.95. The predicted molar refractivity (Wildman–Crippen MR) is 79.1 cm³/mol. The Bertz CT molecular complexity index is 461. The molecule has 0 aliphatic carbocycles. The highest BCUT2D eigenvalue weighted by Crippen LogP contribution is 2.23. The molecule has 3 nitrogen and oxygen atoms in total. The van der Waals surface area contributed by atoms with E-state index in [-0.39, 0.29) is 18.1 Å². The summed E-state index contributed by atoms with van der Waals surface area (Å²) in [5.41, 5.74) is 0.526. The number of nitrogens with one attached hydrogen (secondary N) is 1. The Labute approximate surface area is 123 Å². The van der Waals surface area contributed by atoms with Crippen LogP contribution in [0.25, 0.3) is 0 Å². The number of benzene rings is 1. The molecule has 1 aromatic carbocycles. The molecule has 1 saturated heterocycles. The molecule has 0 bridgehead atoms. The number of hydrogen-bond donors (Lipinski definition) is 1. The van der Waals surface area contributed by atoms with Crippen molar-refractivity contribution in [3.05, 3.63) is 28.8 Å². The SMILES string of the molecule is CSc1ccc(Cl)c(C(=O)NC(C)C2CCCO2)c1. The van der Waals surface area contributed by atoms with E-state index in [9.17, 15) is 4.79 Å². The zero-order valence-corrected chi connectivity index (χ0v) is 12.7. The fourth-order valence-electron chi connectivity index (χ4n) is 2.18. The van der Waals surface area contributed by atoms with Gasteiger partial charge >= 0.3 is 0 Å². The summed E-state index contributed by atoms with van der Waals surface area (Å²) < 4.78 is 5.57. The van der Waals surface area contributed by atoms with Gasteiger partial charge in [-0.3, -0.25) is 4.79 Å². The lowest BCUT2D eigenvalue weighted by molar-refractivity contribution is 0.0712. The molecule has 1 heterocycles. The first-order chi connectivity index (χ1) is 9.11. The lowest BCUT2D eigenvalue weighted by Crippen LogP contribution is -2.40. The van der Waals surface area contributed by atoms with E-state index in [1.165, 1.54) is 0 Å². The van der Waals surface area contributed by atoms with Crippen LogP contribution < -0.4 is 5.32 Å². The van der Waals surface area contributed by atoms with Gasteiger partial charge in [0.1, 0.15) is 0 Å². The molecule has 0 spiro atoms. The molecule has 0 radical (unpaired) electrons. The Morgan fingerprint density at radius 3 is 3.00 bits per heavy atom. The molecule has 1 amide bonds. The van der Waals surface area contributed by atoms with Crippen molar-refractivity contribution in [1.82, 2.24) is 5.32 Å². The smallest absolute Gasteiger partial charge is 0.253 e. The van der Waals surface area contributed by atoms with Gasteiger partial charge in [-0.15, -0.1) is 11.8 Å². The molecule has 19 heavy (non-hydrogen) atoms. The van der Waals surface area contributed by atoms with E-state index in [0.29, 0.717) is 10.6 Å². The van der Waals surface area contributed by atoms with Crippen LogP contribution in [-0.2, 0) is 4.74 Å². The number of carbonyl (C=O) groups excluding carboxylic acids is 1. The highest BCUT2D eigenvalue weighted by Gasteiger charge is 2.24. The van der Waals surface area contributed by atoms with Crippen LogP contribution in [0.5, 0.6) is 0 Å². The van der Waals surface area contributed by atoms with Crippen molar-refractivity contribution in [3.63, 3.8) is 0 Å². The molecule has 2 atom stereocenters. The first kappa shape index (κ1) is 14.7. The van der Waals surface area contributed by atoms with E-state index in [4.69, 9.17) is 16.3 Å². The molecule has 1 aromatic rings. The largest absolute Gasteiger partial charge is 0.376 e. The number of amides is 1. The summed E-state index contributed by atoms with van der Waals surface area (Å²) in [5, 5.41) is 3.45. The summed E-state index contributed by atoms with van der Waals surface area (Å²) in [7, 11) is 0. The van der Waals surface area contributed by atoms with Crippen LogP contribution in [0.3, 0.4) is 0 Å². The maximum absolute atomic E-state index is 12.2. The Morgan fingerprint density at radius 1 is 1.58 bits per heavy atom. The lowest BCUT2D eigenvalue weighted by atomic mass is 10.1. The molecule has 1 aliphatic rings. The van der Waals surface area contributed by atoms with E-state index in [1.54, 1.807) is 17.8 Å². The average Bonchev–Trinajstić information content (AvgIpc) is 2.93. The normalized spacial score (nSPS) is 20.3. The summed E-state index contributed by atoms with van der Waals surface area (Å²) in [6.45, 7) is 2.76. The van der Waals surface area contributed by atoms with Gasteiger partial charge < -0.3 is 10.1 Å². The fourth-order valence-corrected chi connectivity index (χ4v) is 2.82. The van der Waals surface area contributed by atoms with E-state index in [2.05, 4.69) is 5.32 Å². The van der Waals surface area contributed by atoms with Gasteiger partial charge in [0.2, 0.25) is 0 Å². The minimum Gasteiger partial charge on any atom is -0.376 e. The Balaban J connectivity index is 2.06. The molecule has 1 fully saturated rings. The third-order valence-corrected chi connectivity index (χ3v) is 4.35. The summed E-state index contributed by atoms with van der Waals surface area (Å²) in [6.07, 6.45) is 4.15. The third kappa shape index (κ3) is 3.65. The molecular weight excluding hydrogens is 282 g/mol. The molecule has 104 valence electrons. The number of halogens is 1. The Kier molecular flexibility index (Phi) is 5.13. The van der Waals surface area contributed by atoms with Gasteiger partial charge in [-0.2, -0.15) is 0 Å². The average molecular weight is 300 g/mol. The quantitative estimate of drug-likeness (QED) is 0.867. The van der Waals surface area contributed by atoms with Crippen LogP contribution in [0.4, 0.5) is 0 Å². The molecule has 2 rings (SSSR count). The second kappa shape index (κ2) is 6.64. The van der Waals surface area contributed by atoms with Crippen molar-refractivity contribution in [2.45, 2.75) is 36.8 Å². The number of hydrogen-bond acceptors (Lipinski definition) is 3. The number of ether oxygens (including phenoxy) is 1. The van der Waals surface area contributed by atoms with Gasteiger partial charge in [0.15, 0.2) is 0 Å². The predicted octanol–water partition coefficient (Wildman–Crippen LogP) is 3.36. The van der Waals surface area contributed by atoms with Crippen molar-refractivity contribution in [2.75, 3.05) is 12.9 Å². The molecular formula is C14H18ClNO2S. The highest BCUT2D eigenvalue weighted by molar-refractivity contribution is 7.98. The number of thioether (sulfide) groups is 1. The molecule has 1 aliphatic heterocycles. The molecule has 2 unspecified atom stereocenters. The monoisotopic (exact) mass is 299 g/mol. The summed E-state index contributed by atoms with van der Waals surface area (Å²) >= 11 is 7.68. The molecule has 1 N–H and O–H groups in total. The highest BCUT2D eigenvalue weighted by atomic mass is 35.5. The fraction of sp³-hybridized carbons (Fsp3) is 0.500. The molecule has 0 aromatic heterocycles. The van der Waals surface area contributed by atoms with Crippen LogP contribution >= 0.6 is 23.4 Å². The molecule has 0 saturated carbocycles. The van der Waals surface area contributed by atoms with Crippen LogP contribution in [-0.4, -0.2) is 30.9 Å². The third-order valence-electron chi connectivity index (χ3n) is 3.30. The van der Waals surface area contributed by atoms with Crippen LogP contribution in [0.1, 0.15) is 30.1 Å². The lowest BCUT2D eigenvalue weighted by Gasteiger charge is -2.20. The zero-order valence-electron chi connectivity index (χ0n) is 11.1. The Morgan fingerprint density at radius 2 is 2.37 bits per heavy atom. The summed E-state index contributed by atoms with van der Waals surface area (Å²) in [5.74, 6) is -0.135. The van der Waals surface area contributed by atoms with Gasteiger partial charge in [-0.1, -0.05) is 11.6 Å². The van der Waals surface area contributed by atoms with E-state index in [1.807, 2.05) is 25.3 Å². The van der Waals surface area contributed by atoms with Crippen molar-refractivity contribution >= 4 is 29.3 Å². The van der Waals surface area contributed by atoms with Crippen molar-refractivity contribution in [1.29, 1.82) is 0 Å². The van der Waals surface area contributed by atoms with E-state index < -0.39 is 0 Å². The maximum atomic E-state index is 12.2. The topological polar surface area (TPSA) is 38.3 Å². The summed E-state index contributed by atoms with van der Waals surface area (Å²) in [6, 6.07) is 5.50. The van der Waals surface area contributed by atoms with Crippen molar-refractivity contribution < 1.29 is 9.53 Å². The number of carbonyl (C=O) groups is 1. The number of rotatable bonds is 4. The van der Waals surface area contributed by atoms with Crippen molar-refractivity contribution in [2.24, 2.45) is 0 Å². The standard InChI is InChI=1S/C14H18ClNO2S/c1-9(13-4-3-7-18-13)16-14(17)11-8-10(19-2)5-6-12(11)15/h5-6,8-9,13H,3-4,7H2,1-2H3,(H,16,17). The minimum absolute atomic E-state index is 0.00371. The van der Waals surface area contributed by atoms with Crippen LogP contribution in [0.2, 0.25) is 5.02 Å².